The predicted molar refractivity (Wildman–Crippen MR) is 72.4 cm³/mol. The normalized spacial score (nSPS) is 29.0. The van der Waals surface area contributed by atoms with E-state index < -0.39 is 17.2 Å². The van der Waals surface area contributed by atoms with Crippen molar-refractivity contribution in [2.45, 2.75) is 12.0 Å². The molecule has 2 atom stereocenters. The molecule has 0 aromatic heterocycles. The Kier molecular flexibility index (Phi) is 3.88. The van der Waals surface area contributed by atoms with Crippen molar-refractivity contribution in [3.63, 3.8) is 0 Å². The molecule has 2 heterocycles. The van der Waals surface area contributed by atoms with Gasteiger partial charge in [0, 0.05) is 24.2 Å². The highest BCUT2D eigenvalue weighted by Gasteiger charge is 2.45. The van der Waals surface area contributed by atoms with Gasteiger partial charge in [0.25, 0.3) is 0 Å². The van der Waals surface area contributed by atoms with Crippen LogP contribution in [0.1, 0.15) is 12.0 Å². The number of benzene rings is 1. The Bertz CT molecular complexity index is 547. The zero-order valence-electron chi connectivity index (χ0n) is 11.4. The Hall–Kier alpha value is -1.57. The summed E-state index contributed by atoms with van der Waals surface area (Å²) in [6, 6.07) is 3.51. The molecule has 21 heavy (non-hydrogen) atoms. The lowest BCUT2D eigenvalue weighted by Gasteiger charge is -2.33. The van der Waals surface area contributed by atoms with E-state index in [0.717, 1.165) is 6.07 Å². The summed E-state index contributed by atoms with van der Waals surface area (Å²) in [6.07, 6.45) is 2.04. The third kappa shape index (κ3) is 2.76. The van der Waals surface area contributed by atoms with E-state index in [2.05, 4.69) is 10.4 Å². The fourth-order valence-electron chi connectivity index (χ4n) is 2.93. The second kappa shape index (κ2) is 5.67. The Labute approximate surface area is 121 Å². The first-order valence-corrected chi connectivity index (χ1v) is 6.83. The second-order valence-corrected chi connectivity index (χ2v) is 5.46. The molecule has 0 aliphatic carbocycles. The molecule has 1 saturated heterocycles. The Balaban J connectivity index is 1.91. The van der Waals surface area contributed by atoms with Gasteiger partial charge in [-0.05, 0) is 12.5 Å². The molecule has 2 aliphatic heterocycles. The molecule has 0 spiro atoms. The molecule has 5 nitrogen and oxygen atoms in total. The SMILES string of the molecule is OC[C@@H]1CO[C@@](CN2CN=CN2)(c2ccc(F)cc2F)C1. The summed E-state index contributed by atoms with van der Waals surface area (Å²) in [7, 11) is 0. The maximum atomic E-state index is 14.2. The third-order valence-electron chi connectivity index (χ3n) is 3.92. The van der Waals surface area contributed by atoms with E-state index in [-0.39, 0.29) is 12.5 Å². The van der Waals surface area contributed by atoms with E-state index in [1.165, 1.54) is 12.1 Å². The highest BCUT2D eigenvalue weighted by molar-refractivity contribution is 5.55. The Morgan fingerprint density at radius 1 is 1.48 bits per heavy atom. The number of ether oxygens (including phenoxy) is 1. The van der Waals surface area contributed by atoms with Crippen molar-refractivity contribution in [2.24, 2.45) is 10.9 Å². The number of aliphatic hydroxyl groups excluding tert-OH is 1. The first kappa shape index (κ1) is 14.4. The molecule has 7 heteroatoms. The molecule has 114 valence electrons. The summed E-state index contributed by atoms with van der Waals surface area (Å²) < 4.78 is 33.2. The quantitative estimate of drug-likeness (QED) is 0.870. The van der Waals surface area contributed by atoms with Gasteiger partial charge in [-0.1, -0.05) is 6.07 Å². The fourth-order valence-corrected chi connectivity index (χ4v) is 2.93. The topological polar surface area (TPSA) is 57.1 Å². The van der Waals surface area contributed by atoms with Crippen molar-refractivity contribution in [1.29, 1.82) is 0 Å². The van der Waals surface area contributed by atoms with Gasteiger partial charge in [0.1, 0.15) is 23.9 Å². The standard InChI is InChI=1S/C14H17F2N3O2/c15-11-1-2-12(13(16)3-11)14(4-10(5-20)6-21-14)7-19-9-17-8-18-19/h1-3,8,10,20H,4-7,9H2,(H,17,18)/t10-,14+/m1/s1. The van der Waals surface area contributed by atoms with E-state index in [9.17, 15) is 13.9 Å². The number of hydrogen-bond acceptors (Lipinski definition) is 5. The van der Waals surface area contributed by atoms with Crippen LogP contribution < -0.4 is 5.43 Å². The lowest BCUT2D eigenvalue weighted by atomic mass is 9.86. The van der Waals surface area contributed by atoms with Gasteiger partial charge in [0.2, 0.25) is 0 Å². The molecule has 1 fully saturated rings. The minimum atomic E-state index is -0.911. The summed E-state index contributed by atoms with van der Waals surface area (Å²) in [5.74, 6) is -1.31. The predicted octanol–water partition coefficient (Wildman–Crippen LogP) is 0.995. The number of hydrogen-bond donors (Lipinski definition) is 2. The highest BCUT2D eigenvalue weighted by atomic mass is 19.1. The first-order valence-electron chi connectivity index (χ1n) is 6.83. The largest absolute Gasteiger partial charge is 0.396 e. The second-order valence-electron chi connectivity index (χ2n) is 5.46. The summed E-state index contributed by atoms with van der Waals surface area (Å²) in [5, 5.41) is 11.1. The Morgan fingerprint density at radius 3 is 2.95 bits per heavy atom. The average Bonchev–Trinajstić information content (AvgIpc) is 3.09. The van der Waals surface area contributed by atoms with E-state index in [4.69, 9.17) is 4.74 Å². The third-order valence-corrected chi connectivity index (χ3v) is 3.92. The van der Waals surface area contributed by atoms with Crippen LogP contribution in [0.25, 0.3) is 0 Å². The van der Waals surface area contributed by atoms with Gasteiger partial charge < -0.3 is 15.3 Å². The molecule has 0 unspecified atom stereocenters. The van der Waals surface area contributed by atoms with Gasteiger partial charge >= 0.3 is 0 Å². The van der Waals surface area contributed by atoms with Crippen LogP contribution in [0.15, 0.2) is 23.2 Å². The summed E-state index contributed by atoms with van der Waals surface area (Å²) in [6.45, 7) is 1.14. The maximum absolute atomic E-state index is 14.2. The van der Waals surface area contributed by atoms with Crippen LogP contribution >= 0.6 is 0 Å². The van der Waals surface area contributed by atoms with Gasteiger partial charge in [-0.2, -0.15) is 5.01 Å². The number of hydrazine groups is 1. The van der Waals surface area contributed by atoms with Crippen molar-refractivity contribution in [3.8, 4) is 0 Å². The minimum Gasteiger partial charge on any atom is -0.396 e. The van der Waals surface area contributed by atoms with Crippen LogP contribution in [0.2, 0.25) is 0 Å². The summed E-state index contributed by atoms with van der Waals surface area (Å²) >= 11 is 0. The molecule has 3 rings (SSSR count). The molecule has 1 aromatic carbocycles. The lowest BCUT2D eigenvalue weighted by Crippen LogP contribution is -2.45. The van der Waals surface area contributed by atoms with Crippen molar-refractivity contribution in [3.05, 3.63) is 35.4 Å². The van der Waals surface area contributed by atoms with Crippen LogP contribution in [0.3, 0.4) is 0 Å². The van der Waals surface area contributed by atoms with Gasteiger partial charge in [-0.3, -0.25) is 4.99 Å². The van der Waals surface area contributed by atoms with Crippen LogP contribution in [0.4, 0.5) is 8.78 Å². The minimum absolute atomic E-state index is 0.0194. The van der Waals surface area contributed by atoms with Gasteiger partial charge in [0.15, 0.2) is 0 Å². The fraction of sp³-hybridized carbons (Fsp3) is 0.500. The molecule has 1 aromatic rings. The molecule has 2 N–H and O–H groups in total. The summed E-state index contributed by atoms with van der Waals surface area (Å²) in [5.41, 5.74) is 2.35. The Morgan fingerprint density at radius 2 is 2.33 bits per heavy atom. The number of aliphatic hydroxyl groups is 1. The van der Waals surface area contributed by atoms with Crippen LogP contribution in [0, 0.1) is 17.6 Å². The van der Waals surface area contributed by atoms with Gasteiger partial charge in [-0.15, -0.1) is 0 Å². The zero-order valence-corrected chi connectivity index (χ0v) is 11.4. The molecular formula is C14H17F2N3O2. The number of halogens is 2. The van der Waals surface area contributed by atoms with Crippen molar-refractivity contribution < 1.29 is 18.6 Å². The molecule has 0 radical (unpaired) electrons. The highest BCUT2D eigenvalue weighted by Crippen LogP contribution is 2.40. The van der Waals surface area contributed by atoms with Gasteiger partial charge in [0.05, 0.1) is 19.5 Å². The van der Waals surface area contributed by atoms with E-state index in [0.29, 0.717) is 31.8 Å². The monoisotopic (exact) mass is 297 g/mol. The lowest BCUT2D eigenvalue weighted by molar-refractivity contribution is -0.0339. The van der Waals surface area contributed by atoms with Crippen molar-refractivity contribution in [1.82, 2.24) is 10.4 Å². The molecule has 0 saturated carbocycles. The van der Waals surface area contributed by atoms with Crippen LogP contribution in [0.5, 0.6) is 0 Å². The zero-order chi connectivity index (χ0) is 14.9. The number of aliphatic imine (C=N–C) groups is 1. The molecule has 0 bridgehead atoms. The smallest absolute Gasteiger partial charge is 0.132 e. The maximum Gasteiger partial charge on any atom is 0.132 e. The first-order chi connectivity index (χ1) is 10.1. The van der Waals surface area contributed by atoms with Crippen LogP contribution in [-0.2, 0) is 10.3 Å². The molecular weight excluding hydrogens is 280 g/mol. The van der Waals surface area contributed by atoms with Crippen molar-refractivity contribution in [2.75, 3.05) is 26.4 Å². The molecule has 2 aliphatic rings. The number of rotatable bonds is 4. The van der Waals surface area contributed by atoms with E-state index in [1.807, 2.05) is 0 Å². The van der Waals surface area contributed by atoms with Crippen LogP contribution in [-0.4, -0.2) is 42.9 Å². The van der Waals surface area contributed by atoms with E-state index in [1.54, 1.807) is 11.3 Å². The number of nitrogens with one attached hydrogen (secondary N) is 1. The van der Waals surface area contributed by atoms with Gasteiger partial charge in [-0.25, -0.2) is 8.78 Å². The summed E-state index contributed by atoms with van der Waals surface area (Å²) in [4.78, 5) is 4.04. The van der Waals surface area contributed by atoms with Crippen molar-refractivity contribution >= 4 is 6.34 Å². The number of nitrogens with zero attached hydrogens (tertiary/aromatic N) is 2. The van der Waals surface area contributed by atoms with E-state index >= 15 is 0 Å². The molecule has 0 amide bonds. The average molecular weight is 297 g/mol.